The maximum atomic E-state index is 12.1. The number of nitrogens with one attached hydrogen (secondary N) is 3. The molecule has 0 aromatic carbocycles. The van der Waals surface area contributed by atoms with E-state index in [0.717, 1.165) is 0 Å². The van der Waals surface area contributed by atoms with E-state index in [-0.39, 0.29) is 0 Å². The summed E-state index contributed by atoms with van der Waals surface area (Å²) in [6.45, 7) is -4.08. The number of hydrogen-bond acceptors (Lipinski definition) is 27. The third-order valence-electron chi connectivity index (χ3n) is 7.51. The molecule has 318 valence electrons. The zero-order valence-corrected chi connectivity index (χ0v) is 29.6. The number of aliphatic hydroxyl groups is 6. The van der Waals surface area contributed by atoms with Crippen LogP contribution in [0.4, 0.5) is 0 Å². The molecule has 3 aliphatic rings. The van der Waals surface area contributed by atoms with Gasteiger partial charge >= 0.3 is 0 Å². The molecule has 0 amide bonds. The van der Waals surface area contributed by atoms with Crippen molar-refractivity contribution in [3.8, 4) is 0 Å². The van der Waals surface area contributed by atoms with E-state index < -0.39 is 166 Å². The molecule has 3 saturated heterocycles. The summed E-state index contributed by atoms with van der Waals surface area (Å²) < 4.78 is 173. The summed E-state index contributed by atoms with van der Waals surface area (Å²) in [4.78, 5) is 12.1. The molecule has 0 radical (unpaired) electrons. The van der Waals surface area contributed by atoms with Gasteiger partial charge in [-0.2, -0.15) is 0 Å². The van der Waals surface area contributed by atoms with Gasteiger partial charge < -0.3 is 87.2 Å². The number of aliphatic hydroxyl groups excluding tert-OH is 6. The highest BCUT2D eigenvalue weighted by Crippen LogP contribution is 2.33. The van der Waals surface area contributed by atoms with Gasteiger partial charge in [0.25, 0.3) is 0 Å². The predicted molar refractivity (Wildman–Crippen MR) is 150 cm³/mol. The van der Waals surface area contributed by atoms with Crippen LogP contribution >= 0.6 is 0 Å². The van der Waals surface area contributed by atoms with E-state index in [9.17, 15) is 92.4 Å². The number of carbonyl (C=O) groups excluding carboxylic acids is 1. The summed E-state index contributed by atoms with van der Waals surface area (Å²) in [6, 6.07) is -4.59. The molecular formula is C20H32N3O27S4-5. The molecule has 34 heteroatoms. The fourth-order valence-electron chi connectivity index (χ4n) is 5.24. The lowest BCUT2D eigenvalue weighted by molar-refractivity contribution is -0.381. The maximum Gasteiger partial charge on any atom is 0.217 e. The zero-order valence-electron chi connectivity index (χ0n) is 26.4. The lowest BCUT2D eigenvalue weighted by Crippen LogP contribution is -2.70. The fraction of sp³-hybridized carbons (Fsp3) is 0.950. The number of hydrogen-bond donors (Lipinski definition) is 9. The molecule has 15 atom stereocenters. The van der Waals surface area contributed by atoms with Crippen molar-refractivity contribution in [1.29, 1.82) is 0 Å². The minimum atomic E-state index is -5.60. The molecule has 3 heterocycles. The molecule has 0 bridgehead atoms. The van der Waals surface area contributed by atoms with Crippen molar-refractivity contribution in [3.63, 3.8) is 0 Å². The molecule has 0 unspecified atom stereocenters. The topological polar surface area (TPSA) is 491 Å². The number of carboxylic acid groups (broad SMARTS) is 1. The van der Waals surface area contributed by atoms with Crippen LogP contribution in [0.3, 0.4) is 0 Å². The van der Waals surface area contributed by atoms with Gasteiger partial charge in [0.05, 0.1) is 25.8 Å². The Balaban J connectivity index is 1.87. The second-order valence-electron chi connectivity index (χ2n) is 11.3. The van der Waals surface area contributed by atoms with Crippen LogP contribution in [0.2, 0.25) is 0 Å². The van der Waals surface area contributed by atoms with Gasteiger partial charge in [0.1, 0.15) is 73.1 Å². The Morgan fingerprint density at radius 1 is 0.648 bits per heavy atom. The second-order valence-corrected chi connectivity index (χ2v) is 15.8. The number of carbonyl (C=O) groups is 1. The van der Waals surface area contributed by atoms with Crippen molar-refractivity contribution in [3.05, 3.63) is 0 Å². The lowest BCUT2D eigenvalue weighted by atomic mass is 9.95. The average molecular weight is 875 g/mol. The van der Waals surface area contributed by atoms with E-state index in [1.54, 1.807) is 0 Å². The first-order valence-electron chi connectivity index (χ1n) is 14.5. The van der Waals surface area contributed by atoms with Crippen LogP contribution in [0.25, 0.3) is 0 Å². The smallest absolute Gasteiger partial charge is 0.217 e. The Kier molecular flexibility index (Phi) is 15.9. The van der Waals surface area contributed by atoms with Crippen LogP contribution in [-0.2, 0) is 78.7 Å². The molecule has 9 N–H and O–H groups in total. The van der Waals surface area contributed by atoms with Gasteiger partial charge in [-0.05, 0) is 0 Å². The lowest BCUT2D eigenvalue weighted by Gasteiger charge is -2.49. The van der Waals surface area contributed by atoms with Crippen LogP contribution in [0.1, 0.15) is 0 Å². The molecule has 0 spiro atoms. The van der Waals surface area contributed by atoms with Gasteiger partial charge in [0, 0.05) is 6.54 Å². The number of carboxylic acids is 1. The van der Waals surface area contributed by atoms with Crippen LogP contribution in [0.5, 0.6) is 0 Å². The Morgan fingerprint density at radius 3 is 1.69 bits per heavy atom. The third-order valence-corrected chi connectivity index (χ3v) is 9.62. The van der Waals surface area contributed by atoms with Gasteiger partial charge in [-0.25, -0.2) is 47.8 Å². The number of ether oxygens (including phenoxy) is 6. The van der Waals surface area contributed by atoms with Crippen molar-refractivity contribution >= 4 is 47.3 Å². The number of rotatable bonds is 18. The Labute approximate surface area is 304 Å². The molecular weight excluding hydrogens is 842 g/mol. The fourth-order valence-corrected chi connectivity index (χ4v) is 7.04. The van der Waals surface area contributed by atoms with Gasteiger partial charge in [0.2, 0.25) is 10.4 Å². The van der Waals surface area contributed by atoms with E-state index in [0.29, 0.717) is 0 Å². The summed E-state index contributed by atoms with van der Waals surface area (Å²) in [5, 5.41) is 75.5. The molecule has 0 aliphatic carbocycles. The van der Waals surface area contributed by atoms with E-state index in [4.69, 9.17) is 28.4 Å². The maximum absolute atomic E-state index is 12.1. The third kappa shape index (κ3) is 13.3. The van der Waals surface area contributed by atoms with Crippen LogP contribution < -0.4 is 19.3 Å². The van der Waals surface area contributed by atoms with Crippen LogP contribution in [-0.4, -0.2) is 207 Å². The van der Waals surface area contributed by atoms with Crippen molar-refractivity contribution < 1.29 is 125 Å². The van der Waals surface area contributed by atoms with Crippen molar-refractivity contribution in [2.24, 2.45) is 0 Å². The normalized spacial score (nSPS) is 38.6. The SMILES string of the molecule is O=C([O-])[C@H]1O[C@@H](O[C@H]2[C@H](O)[C@@H](NS(=O)(=O)[O-])[C@@H](OCCNS(=O)(=O)[O-])O[C@@H]2CO)[C@H](O)[C@@H](O)[C@@H]1O[C@H]1O[C@H](COS(=O)(=O)[O-])[C@@H](O)[C@H](O)[C@H]1NS(=O)(=O)[O-]. The number of aliphatic carboxylic acids is 1. The first-order chi connectivity index (χ1) is 24.6. The van der Waals surface area contributed by atoms with E-state index in [1.807, 2.05) is 0 Å². The Hall–Kier alpha value is -1.53. The first kappa shape index (κ1) is 46.8. The summed E-state index contributed by atoms with van der Waals surface area (Å²) in [5.41, 5.74) is 0. The van der Waals surface area contributed by atoms with Gasteiger partial charge in [-0.15, -0.1) is 0 Å². The predicted octanol–water partition coefficient (Wildman–Crippen LogP) is -12.1. The average Bonchev–Trinajstić information content (AvgIpc) is 3.01. The van der Waals surface area contributed by atoms with Gasteiger partial charge in [-0.3, -0.25) is 4.18 Å². The van der Waals surface area contributed by atoms with E-state index in [1.165, 1.54) is 14.2 Å². The van der Waals surface area contributed by atoms with Gasteiger partial charge in [0.15, 0.2) is 49.8 Å². The minimum Gasteiger partial charge on any atom is -0.735 e. The molecule has 3 aliphatic heterocycles. The quantitative estimate of drug-likeness (QED) is 0.0351. The summed E-state index contributed by atoms with van der Waals surface area (Å²) in [5.74, 6) is -2.33. The zero-order chi connectivity index (χ0) is 41.1. The van der Waals surface area contributed by atoms with Crippen LogP contribution in [0, 0.1) is 0 Å². The molecule has 54 heavy (non-hydrogen) atoms. The Morgan fingerprint density at radius 2 is 1.19 bits per heavy atom. The minimum absolute atomic E-state index is 0.748. The molecule has 0 aromatic rings. The summed E-state index contributed by atoms with van der Waals surface area (Å²) >= 11 is 0. The summed E-state index contributed by atoms with van der Waals surface area (Å²) in [6.07, 6.45) is -30.7. The molecule has 0 aromatic heterocycles. The van der Waals surface area contributed by atoms with E-state index >= 15 is 0 Å². The molecule has 3 rings (SSSR count). The van der Waals surface area contributed by atoms with Crippen LogP contribution in [0.15, 0.2) is 0 Å². The highest BCUT2D eigenvalue weighted by molar-refractivity contribution is 7.84. The standard InChI is InChI=1S/C20H37N3O27S4/c24-3-5-14(11(27)8(23-53(38,39)40)18(46-5)44-2-1-21-51(32,33)34)48-20-13(29)12(28)15(16(50-20)17(30)31)49-19-7(22-52(35,36)37)10(26)9(25)6(47-19)4-45-54(41,42)43/h5-16,18-29H,1-4H2,(H,30,31)(H,32,33,34)(H,35,36,37)(H,38,39,40)(H,41,42,43)/p-5/t5-,6-,7-,8-,9-,10-,11-,12-,13-,14-,15+,16+,18+,19-,20-/m1/s1. The monoisotopic (exact) mass is 874 g/mol. The largest absolute Gasteiger partial charge is 0.735 e. The first-order valence-corrected chi connectivity index (χ1v) is 20.1. The molecule has 3 fully saturated rings. The molecule has 30 nitrogen and oxygen atoms in total. The van der Waals surface area contributed by atoms with Gasteiger partial charge in [-0.1, -0.05) is 0 Å². The Bertz CT molecular complexity index is 1710. The highest BCUT2D eigenvalue weighted by Gasteiger charge is 2.54. The summed E-state index contributed by atoms with van der Waals surface area (Å²) in [7, 11) is -21.6. The molecule has 0 saturated carbocycles. The van der Waals surface area contributed by atoms with Crippen molar-refractivity contribution in [2.45, 2.75) is 92.0 Å². The second kappa shape index (κ2) is 18.4. The van der Waals surface area contributed by atoms with E-state index in [2.05, 4.69) is 4.18 Å². The van der Waals surface area contributed by atoms with Crippen molar-refractivity contribution in [2.75, 3.05) is 26.4 Å². The van der Waals surface area contributed by atoms with Crippen molar-refractivity contribution in [1.82, 2.24) is 14.2 Å². The highest BCUT2D eigenvalue weighted by atomic mass is 32.3.